The van der Waals surface area contributed by atoms with Crippen LogP contribution in [0.3, 0.4) is 0 Å². The molecule has 4 nitrogen and oxygen atoms in total. The van der Waals surface area contributed by atoms with Crippen molar-refractivity contribution in [2.45, 2.75) is 13.2 Å². The van der Waals surface area contributed by atoms with Gasteiger partial charge in [-0.15, -0.1) is 0 Å². The van der Waals surface area contributed by atoms with E-state index in [1.54, 1.807) is 18.2 Å². The van der Waals surface area contributed by atoms with Gasteiger partial charge >= 0.3 is 12.5 Å². The van der Waals surface area contributed by atoms with Gasteiger partial charge in [-0.05, 0) is 30.3 Å². The van der Waals surface area contributed by atoms with Gasteiger partial charge in [-0.1, -0.05) is 28.1 Å². The fourth-order valence-corrected chi connectivity index (χ4v) is 2.64. The number of alkyl halides is 2. The Kier molecular flexibility index (Phi) is 4.57. The van der Waals surface area contributed by atoms with Gasteiger partial charge in [-0.3, -0.25) is 4.57 Å². The van der Waals surface area contributed by atoms with Gasteiger partial charge < -0.3 is 4.74 Å². The maximum Gasteiger partial charge on any atom is 0.341 e. The molecule has 0 spiro atoms. The van der Waals surface area contributed by atoms with Crippen LogP contribution in [-0.2, 0) is 11.3 Å². The Bertz CT molecular complexity index is 911. The van der Waals surface area contributed by atoms with Crippen LogP contribution < -0.4 is 0 Å². The molecule has 1 heterocycles. The van der Waals surface area contributed by atoms with Crippen molar-refractivity contribution in [1.29, 1.82) is 0 Å². The van der Waals surface area contributed by atoms with E-state index >= 15 is 0 Å². The topological polar surface area (TPSA) is 44.1 Å². The molecule has 0 fully saturated rings. The zero-order valence-corrected chi connectivity index (χ0v) is 13.6. The van der Waals surface area contributed by atoms with Crippen LogP contribution in [-0.4, -0.2) is 15.5 Å². The number of carbonyl (C=O) groups excluding carboxylic acids is 1. The molecule has 0 saturated carbocycles. The second kappa shape index (κ2) is 6.64. The number of rotatable bonds is 4. The number of hydrogen-bond acceptors (Lipinski definition) is 3. The number of benzene rings is 2. The maximum absolute atomic E-state index is 13.7. The first-order valence-corrected chi connectivity index (χ1v) is 7.63. The number of nitrogens with zero attached hydrogens (tertiary/aromatic N) is 2. The molecule has 0 atom stereocenters. The Hall–Kier alpha value is -2.35. The first kappa shape index (κ1) is 16.5. The van der Waals surface area contributed by atoms with Crippen molar-refractivity contribution in [2.24, 2.45) is 0 Å². The highest BCUT2D eigenvalue weighted by atomic mass is 79.9. The summed E-state index contributed by atoms with van der Waals surface area (Å²) in [6.07, 6.45) is 0. The smallest absolute Gasteiger partial charge is 0.341 e. The van der Waals surface area contributed by atoms with Crippen LogP contribution in [0.25, 0.3) is 11.0 Å². The lowest BCUT2D eigenvalue weighted by molar-refractivity contribution is 0.0383. The number of fused-ring (bicyclic) bond motifs is 1. The second-order valence-electron chi connectivity index (χ2n) is 4.86. The van der Waals surface area contributed by atoms with Crippen LogP contribution in [0.5, 0.6) is 0 Å². The number of halogens is 4. The van der Waals surface area contributed by atoms with E-state index in [0.29, 0.717) is 14.6 Å². The quantitative estimate of drug-likeness (QED) is 0.598. The van der Waals surface area contributed by atoms with Crippen LogP contribution in [0.15, 0.2) is 46.9 Å². The average Bonchev–Trinajstić information content (AvgIpc) is 2.93. The number of carbonyl (C=O) groups is 1. The predicted octanol–water partition coefficient (Wildman–Crippen LogP) is 4.69. The predicted molar refractivity (Wildman–Crippen MR) is 84.2 cm³/mol. The molecule has 0 N–H and O–H groups in total. The first-order valence-electron chi connectivity index (χ1n) is 6.83. The number of aromatic nitrogens is 2. The molecule has 0 unspecified atom stereocenters. The normalized spacial score (nSPS) is 11.2. The lowest BCUT2D eigenvalue weighted by Gasteiger charge is -2.09. The van der Waals surface area contributed by atoms with Crippen molar-refractivity contribution in [2.75, 3.05) is 0 Å². The number of ether oxygens (including phenoxy) is 1. The third kappa shape index (κ3) is 3.14. The molecule has 124 valence electrons. The molecule has 2 aromatic carbocycles. The minimum atomic E-state index is -2.84. The SMILES string of the molecule is O=C(OCc1nc2ccccc2n1C(F)F)c1cc(Br)ccc1F. The van der Waals surface area contributed by atoms with Gasteiger partial charge in [0.25, 0.3) is 0 Å². The average molecular weight is 399 g/mol. The fraction of sp³-hybridized carbons (Fsp3) is 0.125. The molecule has 3 rings (SSSR count). The summed E-state index contributed by atoms with van der Waals surface area (Å²) < 4.78 is 46.3. The van der Waals surface area contributed by atoms with Crippen molar-refractivity contribution in [1.82, 2.24) is 9.55 Å². The van der Waals surface area contributed by atoms with E-state index in [-0.39, 0.29) is 16.9 Å². The number of imidazole rings is 1. The first-order chi connectivity index (χ1) is 11.5. The van der Waals surface area contributed by atoms with Crippen molar-refractivity contribution in [3.63, 3.8) is 0 Å². The number of esters is 1. The summed E-state index contributed by atoms with van der Waals surface area (Å²) in [7, 11) is 0. The summed E-state index contributed by atoms with van der Waals surface area (Å²) >= 11 is 3.12. The van der Waals surface area contributed by atoms with Crippen molar-refractivity contribution in [3.8, 4) is 0 Å². The van der Waals surface area contributed by atoms with E-state index in [0.717, 1.165) is 6.07 Å². The highest BCUT2D eigenvalue weighted by molar-refractivity contribution is 9.10. The summed E-state index contributed by atoms with van der Waals surface area (Å²) in [4.78, 5) is 16.0. The summed E-state index contributed by atoms with van der Waals surface area (Å²) in [6.45, 7) is -3.34. The largest absolute Gasteiger partial charge is 0.454 e. The van der Waals surface area contributed by atoms with Gasteiger partial charge in [0, 0.05) is 4.47 Å². The van der Waals surface area contributed by atoms with Crippen LogP contribution >= 0.6 is 15.9 Å². The highest BCUT2D eigenvalue weighted by Crippen LogP contribution is 2.24. The van der Waals surface area contributed by atoms with Crippen molar-refractivity contribution >= 4 is 32.9 Å². The molecule has 0 saturated heterocycles. The van der Waals surface area contributed by atoms with E-state index in [4.69, 9.17) is 4.74 Å². The van der Waals surface area contributed by atoms with Gasteiger partial charge in [0.2, 0.25) is 0 Å². The molecule has 0 aliphatic carbocycles. The molecular formula is C16H10BrF3N2O2. The summed E-state index contributed by atoms with van der Waals surface area (Å²) in [5.41, 5.74) is 0.300. The molecule has 8 heteroatoms. The minimum Gasteiger partial charge on any atom is -0.454 e. The maximum atomic E-state index is 13.7. The molecular weight excluding hydrogens is 389 g/mol. The lowest BCUT2D eigenvalue weighted by Crippen LogP contribution is -2.11. The number of hydrogen-bond donors (Lipinski definition) is 0. The summed E-state index contributed by atoms with van der Waals surface area (Å²) in [5.74, 6) is -1.83. The minimum absolute atomic E-state index is 0.116. The summed E-state index contributed by atoms with van der Waals surface area (Å²) in [5, 5.41) is 0. The Morgan fingerprint density at radius 3 is 2.75 bits per heavy atom. The van der Waals surface area contributed by atoms with Gasteiger partial charge in [-0.25, -0.2) is 14.2 Å². The molecule has 3 aromatic rings. The fourth-order valence-electron chi connectivity index (χ4n) is 2.28. The molecule has 0 aliphatic rings. The van der Waals surface area contributed by atoms with Crippen LogP contribution in [0.1, 0.15) is 22.7 Å². The molecule has 0 radical (unpaired) electrons. The highest BCUT2D eigenvalue weighted by Gasteiger charge is 2.20. The van der Waals surface area contributed by atoms with Gasteiger partial charge in [-0.2, -0.15) is 8.78 Å². The third-order valence-corrected chi connectivity index (χ3v) is 3.84. The van der Waals surface area contributed by atoms with Crippen LogP contribution in [0.4, 0.5) is 13.2 Å². The standard InChI is InChI=1S/C16H10BrF3N2O2/c17-9-5-6-11(18)10(7-9)15(23)24-8-14-21-12-3-1-2-4-13(12)22(14)16(19)20/h1-7,16H,8H2. The Morgan fingerprint density at radius 2 is 2.00 bits per heavy atom. The molecule has 1 aromatic heterocycles. The van der Waals surface area contributed by atoms with Gasteiger partial charge in [0.05, 0.1) is 16.6 Å². The van der Waals surface area contributed by atoms with Crippen molar-refractivity contribution in [3.05, 3.63) is 64.1 Å². The van der Waals surface area contributed by atoms with Crippen molar-refractivity contribution < 1.29 is 22.7 Å². The van der Waals surface area contributed by atoms with E-state index in [1.165, 1.54) is 18.2 Å². The van der Waals surface area contributed by atoms with Crippen LogP contribution in [0.2, 0.25) is 0 Å². The molecule has 0 amide bonds. The Balaban J connectivity index is 1.86. The lowest BCUT2D eigenvalue weighted by atomic mass is 10.2. The monoisotopic (exact) mass is 398 g/mol. The van der Waals surface area contributed by atoms with E-state index < -0.39 is 24.9 Å². The van der Waals surface area contributed by atoms with Crippen LogP contribution in [0, 0.1) is 5.82 Å². The summed E-state index contributed by atoms with van der Waals surface area (Å²) in [6, 6.07) is 10.1. The van der Waals surface area contributed by atoms with E-state index in [1.807, 2.05) is 0 Å². The zero-order valence-electron chi connectivity index (χ0n) is 12.0. The Labute approximate surface area is 143 Å². The molecule has 24 heavy (non-hydrogen) atoms. The van der Waals surface area contributed by atoms with Gasteiger partial charge in [0.15, 0.2) is 5.82 Å². The van der Waals surface area contributed by atoms with E-state index in [9.17, 15) is 18.0 Å². The Morgan fingerprint density at radius 1 is 1.25 bits per heavy atom. The zero-order chi connectivity index (χ0) is 17.3. The third-order valence-electron chi connectivity index (χ3n) is 3.34. The molecule has 0 bridgehead atoms. The molecule has 0 aliphatic heterocycles. The van der Waals surface area contributed by atoms with E-state index in [2.05, 4.69) is 20.9 Å². The number of para-hydroxylation sites is 2. The van der Waals surface area contributed by atoms with Gasteiger partial charge in [0.1, 0.15) is 12.4 Å². The second-order valence-corrected chi connectivity index (χ2v) is 5.78.